The largest absolute Gasteiger partial charge is 0.507 e. The number of fused-ring (bicyclic) bond motifs is 1. The number of para-hydroxylation sites is 1. The van der Waals surface area contributed by atoms with Crippen molar-refractivity contribution < 1.29 is 9.90 Å². The zero-order chi connectivity index (χ0) is 14.1. The molecule has 0 saturated heterocycles. The van der Waals surface area contributed by atoms with Crippen LogP contribution in [0.3, 0.4) is 0 Å². The van der Waals surface area contributed by atoms with Gasteiger partial charge in [0.2, 0.25) is 0 Å². The molecule has 0 radical (unpaired) electrons. The number of hydrogen-bond acceptors (Lipinski definition) is 3. The Labute approximate surface area is 117 Å². The van der Waals surface area contributed by atoms with E-state index in [1.54, 1.807) is 17.0 Å². The van der Waals surface area contributed by atoms with Crippen LogP contribution in [0.25, 0.3) is 0 Å². The van der Waals surface area contributed by atoms with Gasteiger partial charge < -0.3 is 15.7 Å². The molecule has 0 fully saturated rings. The molecule has 0 spiro atoms. The Morgan fingerprint density at radius 2 is 2.00 bits per heavy atom. The van der Waals surface area contributed by atoms with Crippen molar-refractivity contribution in [1.29, 1.82) is 0 Å². The highest BCUT2D eigenvalue weighted by molar-refractivity contribution is 6.08. The maximum Gasteiger partial charge on any atom is 0.262 e. The Balaban J connectivity index is 2.00. The first kappa shape index (κ1) is 12.5. The lowest BCUT2D eigenvalue weighted by atomic mass is 10.0. The van der Waals surface area contributed by atoms with Crippen molar-refractivity contribution in [3.63, 3.8) is 0 Å². The van der Waals surface area contributed by atoms with Gasteiger partial charge in [-0.15, -0.1) is 0 Å². The summed E-state index contributed by atoms with van der Waals surface area (Å²) in [6.45, 7) is 0.666. The Morgan fingerprint density at radius 3 is 2.80 bits per heavy atom. The molecule has 2 aromatic rings. The molecule has 20 heavy (non-hydrogen) atoms. The van der Waals surface area contributed by atoms with E-state index in [2.05, 4.69) is 0 Å². The third-order valence-electron chi connectivity index (χ3n) is 3.61. The summed E-state index contributed by atoms with van der Waals surface area (Å²) < 4.78 is 0. The lowest BCUT2D eigenvalue weighted by molar-refractivity contribution is 0.0982. The van der Waals surface area contributed by atoms with Crippen molar-refractivity contribution in [3.8, 4) is 5.75 Å². The molecule has 0 saturated carbocycles. The molecule has 2 aromatic carbocycles. The number of nitrogen functional groups attached to an aromatic ring is 1. The standard InChI is InChI=1S/C16H16N2O2/c17-12-7-8-13(15(19)10-12)16(20)18-9-3-5-11-4-1-2-6-14(11)18/h1-2,4,6-8,10,19H,3,5,9,17H2. The van der Waals surface area contributed by atoms with E-state index < -0.39 is 0 Å². The molecule has 1 heterocycles. The maximum atomic E-state index is 12.6. The van der Waals surface area contributed by atoms with Gasteiger partial charge in [0, 0.05) is 24.0 Å². The number of phenols is 1. The van der Waals surface area contributed by atoms with Crippen molar-refractivity contribution in [3.05, 3.63) is 53.6 Å². The molecule has 0 unspecified atom stereocenters. The number of carbonyl (C=O) groups excluding carboxylic acids is 1. The van der Waals surface area contributed by atoms with Crippen LogP contribution in [0.15, 0.2) is 42.5 Å². The van der Waals surface area contributed by atoms with Crippen LogP contribution in [0.5, 0.6) is 5.75 Å². The second-order valence-electron chi connectivity index (χ2n) is 4.97. The number of carbonyl (C=O) groups is 1. The van der Waals surface area contributed by atoms with Gasteiger partial charge in [-0.05, 0) is 36.6 Å². The van der Waals surface area contributed by atoms with Crippen LogP contribution in [0.2, 0.25) is 0 Å². The highest BCUT2D eigenvalue weighted by Crippen LogP contribution is 2.30. The van der Waals surface area contributed by atoms with E-state index in [9.17, 15) is 9.90 Å². The summed E-state index contributed by atoms with van der Waals surface area (Å²) in [5.41, 5.74) is 8.43. The SMILES string of the molecule is Nc1ccc(C(=O)N2CCCc3ccccc32)c(O)c1. The fraction of sp³-hybridized carbons (Fsp3) is 0.188. The average molecular weight is 268 g/mol. The summed E-state index contributed by atoms with van der Waals surface area (Å²) in [5.74, 6) is -0.257. The lowest BCUT2D eigenvalue weighted by Crippen LogP contribution is -2.35. The predicted molar refractivity (Wildman–Crippen MR) is 79.0 cm³/mol. The molecule has 1 aliphatic heterocycles. The van der Waals surface area contributed by atoms with Crippen LogP contribution in [-0.2, 0) is 6.42 Å². The van der Waals surface area contributed by atoms with Crippen LogP contribution in [-0.4, -0.2) is 17.6 Å². The van der Waals surface area contributed by atoms with Gasteiger partial charge in [-0.2, -0.15) is 0 Å². The number of hydrogen-bond donors (Lipinski definition) is 2. The van der Waals surface area contributed by atoms with Crippen molar-refractivity contribution in [1.82, 2.24) is 0 Å². The molecular formula is C16H16N2O2. The normalized spacial score (nSPS) is 13.9. The first-order valence-electron chi connectivity index (χ1n) is 6.65. The zero-order valence-electron chi connectivity index (χ0n) is 11.0. The van der Waals surface area contributed by atoms with Crippen LogP contribution in [0.4, 0.5) is 11.4 Å². The number of anilines is 2. The van der Waals surface area contributed by atoms with Crippen LogP contribution < -0.4 is 10.6 Å². The second-order valence-corrected chi connectivity index (χ2v) is 4.97. The molecule has 1 amide bonds. The minimum atomic E-state index is -0.186. The zero-order valence-corrected chi connectivity index (χ0v) is 11.0. The van der Waals surface area contributed by atoms with E-state index in [1.807, 2.05) is 24.3 Å². The first-order chi connectivity index (χ1) is 9.66. The first-order valence-corrected chi connectivity index (χ1v) is 6.65. The highest BCUT2D eigenvalue weighted by atomic mass is 16.3. The van der Waals surface area contributed by atoms with Gasteiger partial charge in [-0.25, -0.2) is 0 Å². The number of amides is 1. The Morgan fingerprint density at radius 1 is 1.20 bits per heavy atom. The van der Waals surface area contributed by atoms with E-state index in [4.69, 9.17) is 5.73 Å². The summed E-state index contributed by atoms with van der Waals surface area (Å²) in [6.07, 6.45) is 1.91. The number of aryl methyl sites for hydroxylation is 1. The average Bonchev–Trinajstić information content (AvgIpc) is 2.46. The summed E-state index contributed by atoms with van der Waals surface area (Å²) in [5, 5.41) is 9.91. The number of nitrogens with two attached hydrogens (primary N) is 1. The van der Waals surface area contributed by atoms with Crippen molar-refractivity contribution in [2.24, 2.45) is 0 Å². The summed E-state index contributed by atoms with van der Waals surface area (Å²) in [6, 6.07) is 12.5. The molecular weight excluding hydrogens is 252 g/mol. The van der Waals surface area contributed by atoms with Crippen LogP contribution >= 0.6 is 0 Å². The lowest BCUT2D eigenvalue weighted by Gasteiger charge is -2.29. The molecule has 0 bridgehead atoms. The Kier molecular flexibility index (Phi) is 3.06. The van der Waals surface area contributed by atoms with Crippen molar-refractivity contribution in [2.45, 2.75) is 12.8 Å². The van der Waals surface area contributed by atoms with Gasteiger partial charge in [-0.3, -0.25) is 4.79 Å². The summed E-state index contributed by atoms with van der Waals surface area (Å²) in [4.78, 5) is 14.3. The van der Waals surface area contributed by atoms with Gasteiger partial charge in [0.05, 0.1) is 5.56 Å². The third-order valence-corrected chi connectivity index (χ3v) is 3.61. The summed E-state index contributed by atoms with van der Waals surface area (Å²) in [7, 11) is 0. The van der Waals surface area contributed by atoms with Gasteiger partial charge in [0.25, 0.3) is 5.91 Å². The van der Waals surface area contributed by atoms with E-state index in [0.29, 0.717) is 12.2 Å². The van der Waals surface area contributed by atoms with E-state index in [1.165, 1.54) is 11.6 Å². The van der Waals surface area contributed by atoms with Gasteiger partial charge >= 0.3 is 0 Å². The van der Waals surface area contributed by atoms with Crippen LogP contribution in [0.1, 0.15) is 22.3 Å². The molecule has 3 rings (SSSR count). The number of aromatic hydroxyl groups is 1. The monoisotopic (exact) mass is 268 g/mol. The highest BCUT2D eigenvalue weighted by Gasteiger charge is 2.24. The number of rotatable bonds is 1. The minimum Gasteiger partial charge on any atom is -0.507 e. The third kappa shape index (κ3) is 2.09. The smallest absolute Gasteiger partial charge is 0.262 e. The fourth-order valence-corrected chi connectivity index (χ4v) is 2.62. The fourth-order valence-electron chi connectivity index (χ4n) is 2.62. The maximum absolute atomic E-state index is 12.6. The topological polar surface area (TPSA) is 66.6 Å². The molecule has 4 heteroatoms. The van der Waals surface area contributed by atoms with Crippen LogP contribution in [0, 0.1) is 0 Å². The molecule has 1 aliphatic rings. The van der Waals surface area contributed by atoms with Crippen molar-refractivity contribution >= 4 is 17.3 Å². The van der Waals surface area contributed by atoms with Gasteiger partial charge in [0.1, 0.15) is 5.75 Å². The Bertz CT molecular complexity index is 667. The molecule has 0 atom stereocenters. The molecule has 0 aliphatic carbocycles. The van der Waals surface area contributed by atoms with E-state index >= 15 is 0 Å². The molecule has 102 valence electrons. The van der Waals surface area contributed by atoms with Gasteiger partial charge in [0.15, 0.2) is 0 Å². The Hall–Kier alpha value is -2.49. The minimum absolute atomic E-state index is 0.0712. The number of nitrogens with zero attached hydrogens (tertiary/aromatic N) is 1. The number of phenolic OH excluding ortho intramolecular Hbond substituents is 1. The quantitative estimate of drug-likeness (QED) is 0.781. The van der Waals surface area contributed by atoms with E-state index in [0.717, 1.165) is 18.5 Å². The number of benzene rings is 2. The van der Waals surface area contributed by atoms with Gasteiger partial charge in [-0.1, -0.05) is 18.2 Å². The molecule has 3 N–H and O–H groups in total. The molecule has 4 nitrogen and oxygen atoms in total. The molecule has 0 aromatic heterocycles. The predicted octanol–water partition coefficient (Wildman–Crippen LogP) is 2.57. The van der Waals surface area contributed by atoms with Crippen molar-refractivity contribution in [2.75, 3.05) is 17.2 Å². The van der Waals surface area contributed by atoms with E-state index in [-0.39, 0.29) is 17.2 Å². The second kappa shape index (κ2) is 4.89. The summed E-state index contributed by atoms with van der Waals surface area (Å²) >= 11 is 0.